The van der Waals surface area contributed by atoms with Crippen LogP contribution in [0.4, 0.5) is 17.6 Å². The third-order valence-electron chi connectivity index (χ3n) is 6.69. The van der Waals surface area contributed by atoms with Gasteiger partial charge in [0.2, 0.25) is 0 Å². The van der Waals surface area contributed by atoms with Gasteiger partial charge in [-0.05, 0) is 61.0 Å². The summed E-state index contributed by atoms with van der Waals surface area (Å²) in [6.45, 7) is 3.28. The standard InChI is InChI=1S/C24H26F4N4O4S2/c1-29-22(37-30-2)32-38(34,35)17-5-3-14-9-15(13-36-21(14)11-17)19-10-16(25)4-6-18(19)20-12-23(33,7-8-31-20)24(26,27)28/h3-6,10-11,15,20,31,33H,2,7-9,12-13H2,1H3,(H,29,32)/t15?,20-,23-/m0/s1. The van der Waals surface area contributed by atoms with Gasteiger partial charge in [-0.15, -0.1) is 0 Å². The molecule has 0 spiro atoms. The van der Waals surface area contributed by atoms with Crippen molar-refractivity contribution in [3.8, 4) is 5.75 Å². The van der Waals surface area contributed by atoms with Gasteiger partial charge in [0.15, 0.2) is 10.8 Å². The van der Waals surface area contributed by atoms with Crippen molar-refractivity contribution in [3.63, 3.8) is 0 Å². The number of alkyl halides is 3. The van der Waals surface area contributed by atoms with Gasteiger partial charge in [-0.3, -0.25) is 9.71 Å². The second-order valence-electron chi connectivity index (χ2n) is 9.10. The molecule has 0 bridgehead atoms. The summed E-state index contributed by atoms with van der Waals surface area (Å²) in [5.74, 6) is -0.636. The summed E-state index contributed by atoms with van der Waals surface area (Å²) < 4.78 is 92.1. The molecule has 2 aromatic carbocycles. The Hall–Kier alpha value is -2.68. The molecule has 2 heterocycles. The van der Waals surface area contributed by atoms with Crippen LogP contribution in [0.1, 0.15) is 41.5 Å². The first-order chi connectivity index (χ1) is 17.9. The topological polar surface area (TPSA) is 112 Å². The Morgan fingerprint density at radius 1 is 1.26 bits per heavy atom. The monoisotopic (exact) mass is 574 g/mol. The van der Waals surface area contributed by atoms with E-state index < -0.39 is 52.4 Å². The molecule has 206 valence electrons. The van der Waals surface area contributed by atoms with Crippen LogP contribution in [0.3, 0.4) is 0 Å². The molecule has 1 saturated heterocycles. The van der Waals surface area contributed by atoms with Crippen LogP contribution in [0.15, 0.2) is 50.7 Å². The van der Waals surface area contributed by atoms with E-state index in [0.29, 0.717) is 28.9 Å². The predicted octanol–water partition coefficient (Wildman–Crippen LogP) is 3.88. The molecule has 0 amide bonds. The number of piperidine rings is 1. The van der Waals surface area contributed by atoms with Gasteiger partial charge in [0.25, 0.3) is 10.0 Å². The second kappa shape index (κ2) is 10.8. The number of ether oxygens (including phenoxy) is 1. The number of hydrogen-bond acceptors (Lipinski definition) is 8. The third-order valence-corrected chi connectivity index (χ3v) is 8.75. The first-order valence-corrected chi connectivity index (χ1v) is 13.8. The molecule has 8 nitrogen and oxygen atoms in total. The molecule has 3 atom stereocenters. The number of halogens is 4. The van der Waals surface area contributed by atoms with E-state index in [0.717, 1.165) is 11.9 Å². The van der Waals surface area contributed by atoms with Gasteiger partial charge < -0.3 is 15.2 Å². The lowest BCUT2D eigenvalue weighted by molar-refractivity contribution is -0.271. The van der Waals surface area contributed by atoms with Crippen molar-refractivity contribution in [1.29, 1.82) is 0 Å². The Balaban J connectivity index is 1.59. The molecule has 0 saturated carbocycles. The van der Waals surface area contributed by atoms with E-state index >= 15 is 0 Å². The number of benzene rings is 2. The highest BCUT2D eigenvalue weighted by molar-refractivity contribution is 8.13. The highest BCUT2D eigenvalue weighted by Gasteiger charge is 2.55. The quantitative estimate of drug-likeness (QED) is 0.216. The summed E-state index contributed by atoms with van der Waals surface area (Å²) in [6, 6.07) is 7.39. The summed E-state index contributed by atoms with van der Waals surface area (Å²) in [5, 5.41) is 13.3. The van der Waals surface area contributed by atoms with E-state index in [4.69, 9.17) is 4.74 Å². The number of nitrogens with one attached hydrogen (secondary N) is 2. The van der Waals surface area contributed by atoms with Gasteiger partial charge in [0, 0.05) is 43.4 Å². The van der Waals surface area contributed by atoms with Crippen molar-refractivity contribution in [1.82, 2.24) is 10.0 Å². The number of hydrogen-bond donors (Lipinski definition) is 3. The number of nitrogens with zero attached hydrogens (tertiary/aromatic N) is 2. The lowest BCUT2D eigenvalue weighted by Gasteiger charge is -2.40. The average Bonchev–Trinajstić information content (AvgIpc) is 2.87. The average molecular weight is 575 g/mol. The van der Waals surface area contributed by atoms with Crippen LogP contribution in [0.2, 0.25) is 0 Å². The molecule has 2 aromatic rings. The zero-order valence-corrected chi connectivity index (χ0v) is 21.9. The molecule has 1 unspecified atom stereocenters. The highest BCUT2D eigenvalue weighted by Crippen LogP contribution is 2.44. The number of rotatable bonds is 5. The van der Waals surface area contributed by atoms with Gasteiger partial charge in [0.05, 0.1) is 11.5 Å². The van der Waals surface area contributed by atoms with Gasteiger partial charge >= 0.3 is 6.18 Å². The molecule has 1 fully saturated rings. The van der Waals surface area contributed by atoms with Crippen molar-refractivity contribution in [2.45, 2.75) is 47.9 Å². The van der Waals surface area contributed by atoms with E-state index in [1.54, 1.807) is 6.07 Å². The van der Waals surface area contributed by atoms with Crippen LogP contribution in [0.5, 0.6) is 5.75 Å². The SMILES string of the molecule is C=NSC(=NC)NS(=O)(=O)c1ccc2c(c1)OCC(c1cc(F)ccc1[C@@H]1C[C@](O)(C(F)(F)F)CCN1)C2. The molecule has 2 aliphatic heterocycles. The largest absolute Gasteiger partial charge is 0.493 e. The fourth-order valence-electron chi connectivity index (χ4n) is 4.72. The Morgan fingerprint density at radius 3 is 2.71 bits per heavy atom. The number of fused-ring (bicyclic) bond motifs is 1. The molecule has 3 N–H and O–H groups in total. The summed E-state index contributed by atoms with van der Waals surface area (Å²) in [6.07, 6.45) is -5.53. The lowest BCUT2D eigenvalue weighted by Crippen LogP contribution is -2.53. The molecule has 0 aliphatic carbocycles. The van der Waals surface area contributed by atoms with E-state index in [1.165, 1.54) is 37.4 Å². The number of aliphatic imine (C=N–C) groups is 1. The summed E-state index contributed by atoms with van der Waals surface area (Å²) in [7, 11) is -2.58. The number of amidine groups is 1. The van der Waals surface area contributed by atoms with Gasteiger partial charge in [-0.1, -0.05) is 12.1 Å². The molecule has 0 radical (unpaired) electrons. The van der Waals surface area contributed by atoms with Crippen LogP contribution in [-0.4, -0.2) is 57.4 Å². The summed E-state index contributed by atoms with van der Waals surface area (Å²) in [5.41, 5.74) is -1.27. The molecule has 14 heteroatoms. The molecular weight excluding hydrogens is 548 g/mol. The van der Waals surface area contributed by atoms with Crippen LogP contribution in [0.25, 0.3) is 0 Å². The normalized spacial score (nSPS) is 24.3. The maximum Gasteiger partial charge on any atom is 0.417 e. The van der Waals surface area contributed by atoms with Crippen molar-refractivity contribution >= 4 is 33.9 Å². The predicted molar refractivity (Wildman–Crippen MR) is 137 cm³/mol. The Labute approximate surface area is 221 Å². The van der Waals surface area contributed by atoms with E-state index in [2.05, 4.69) is 26.1 Å². The molecule has 38 heavy (non-hydrogen) atoms. The van der Waals surface area contributed by atoms with E-state index in [9.17, 15) is 31.1 Å². The fraction of sp³-hybridized carbons (Fsp3) is 0.417. The fourth-order valence-corrected chi connectivity index (χ4v) is 6.35. The van der Waals surface area contributed by atoms with Crippen LogP contribution in [0, 0.1) is 5.82 Å². The maximum atomic E-state index is 14.3. The van der Waals surface area contributed by atoms with Crippen molar-refractivity contribution in [2.24, 2.45) is 9.39 Å². The molecule has 4 rings (SSSR count). The number of aliphatic hydroxyl groups is 1. The van der Waals surface area contributed by atoms with E-state index in [1.807, 2.05) is 0 Å². The van der Waals surface area contributed by atoms with Crippen LogP contribution >= 0.6 is 11.9 Å². The minimum atomic E-state index is -4.79. The lowest BCUT2D eigenvalue weighted by atomic mass is 9.79. The van der Waals surface area contributed by atoms with Gasteiger partial charge in [-0.2, -0.15) is 13.2 Å². The van der Waals surface area contributed by atoms with Crippen LogP contribution in [-0.2, 0) is 16.4 Å². The van der Waals surface area contributed by atoms with Crippen LogP contribution < -0.4 is 14.8 Å². The summed E-state index contributed by atoms with van der Waals surface area (Å²) in [4.78, 5) is 3.74. The molecular formula is C24H26F4N4O4S2. The van der Waals surface area contributed by atoms with Crippen molar-refractivity contribution in [3.05, 3.63) is 58.9 Å². The first kappa shape index (κ1) is 28.3. The zero-order valence-electron chi connectivity index (χ0n) is 20.3. The van der Waals surface area contributed by atoms with Gasteiger partial charge in [-0.25, -0.2) is 17.2 Å². The molecule has 0 aromatic heterocycles. The summed E-state index contributed by atoms with van der Waals surface area (Å²) >= 11 is 0.768. The van der Waals surface area contributed by atoms with Crippen molar-refractivity contribution in [2.75, 3.05) is 20.2 Å². The Kier molecular flexibility index (Phi) is 8.07. The highest BCUT2D eigenvalue weighted by atomic mass is 32.2. The Morgan fingerprint density at radius 2 is 2.03 bits per heavy atom. The van der Waals surface area contributed by atoms with Crippen molar-refractivity contribution < 1.29 is 35.8 Å². The van der Waals surface area contributed by atoms with Gasteiger partial charge in [0.1, 0.15) is 11.6 Å². The minimum absolute atomic E-state index is 0.0334. The maximum absolute atomic E-state index is 14.3. The smallest absolute Gasteiger partial charge is 0.417 e. The first-order valence-electron chi connectivity index (χ1n) is 11.6. The van der Waals surface area contributed by atoms with E-state index in [-0.39, 0.29) is 23.2 Å². The zero-order chi connectivity index (χ0) is 27.7. The second-order valence-corrected chi connectivity index (χ2v) is 11.6. The number of sulfonamides is 1. The molecule has 2 aliphatic rings. The minimum Gasteiger partial charge on any atom is -0.493 e. The third kappa shape index (κ3) is 5.82. The Bertz CT molecular complexity index is 1350.